The van der Waals surface area contributed by atoms with Crippen LogP contribution in [0.15, 0.2) is 18.2 Å². The SMILES string of the molecule is CN(C)C1C(c2cc(O)cc(F)c2)CC2CCC1(C)C2.Cl. The molecule has 4 atom stereocenters. The van der Waals surface area contributed by atoms with E-state index >= 15 is 0 Å². The highest BCUT2D eigenvalue weighted by molar-refractivity contribution is 5.85. The lowest BCUT2D eigenvalue weighted by Crippen LogP contribution is -2.48. The van der Waals surface area contributed by atoms with Crippen molar-refractivity contribution in [3.8, 4) is 5.75 Å². The van der Waals surface area contributed by atoms with Gasteiger partial charge in [0, 0.05) is 18.0 Å². The van der Waals surface area contributed by atoms with Gasteiger partial charge in [-0.2, -0.15) is 0 Å². The van der Waals surface area contributed by atoms with Crippen molar-refractivity contribution >= 4 is 12.4 Å². The van der Waals surface area contributed by atoms with Crippen molar-refractivity contribution in [2.45, 2.75) is 44.6 Å². The standard InChI is InChI=1S/C17H24FNO.ClH/c1-17-5-4-11(10-17)6-15(16(17)19(2)3)12-7-13(18)9-14(20)8-12;/h7-9,11,15-16,20H,4-6,10H2,1-3H3;1H. The molecular weight excluding hydrogens is 289 g/mol. The van der Waals surface area contributed by atoms with E-state index < -0.39 is 0 Å². The molecule has 2 saturated carbocycles. The number of aromatic hydroxyl groups is 1. The molecule has 2 nitrogen and oxygen atoms in total. The van der Waals surface area contributed by atoms with Crippen molar-refractivity contribution in [3.63, 3.8) is 0 Å². The van der Waals surface area contributed by atoms with Crippen molar-refractivity contribution < 1.29 is 9.50 Å². The zero-order valence-electron chi connectivity index (χ0n) is 13.0. The van der Waals surface area contributed by atoms with Gasteiger partial charge < -0.3 is 10.0 Å². The van der Waals surface area contributed by atoms with Crippen LogP contribution < -0.4 is 0 Å². The van der Waals surface area contributed by atoms with E-state index in [2.05, 4.69) is 25.9 Å². The molecule has 0 aromatic heterocycles. The van der Waals surface area contributed by atoms with E-state index in [0.29, 0.717) is 17.4 Å². The van der Waals surface area contributed by atoms with Crippen molar-refractivity contribution in [2.24, 2.45) is 11.3 Å². The van der Waals surface area contributed by atoms with Crippen LogP contribution in [0.25, 0.3) is 0 Å². The van der Waals surface area contributed by atoms with Crippen LogP contribution in [0.3, 0.4) is 0 Å². The molecule has 2 fully saturated rings. The molecule has 2 aliphatic carbocycles. The number of hydrogen-bond acceptors (Lipinski definition) is 2. The fraction of sp³-hybridized carbons (Fsp3) is 0.647. The molecule has 1 aromatic carbocycles. The number of phenolic OH excluding ortho intramolecular Hbond substituents is 1. The summed E-state index contributed by atoms with van der Waals surface area (Å²) in [4.78, 5) is 2.30. The fourth-order valence-electron chi connectivity index (χ4n) is 4.95. The van der Waals surface area contributed by atoms with Gasteiger partial charge in [-0.3, -0.25) is 0 Å². The monoisotopic (exact) mass is 313 g/mol. The number of hydrogen-bond donors (Lipinski definition) is 1. The van der Waals surface area contributed by atoms with E-state index in [0.717, 1.165) is 17.9 Å². The van der Waals surface area contributed by atoms with Gasteiger partial charge in [0.25, 0.3) is 0 Å². The first-order valence-corrected chi connectivity index (χ1v) is 7.55. The summed E-state index contributed by atoms with van der Waals surface area (Å²) >= 11 is 0. The van der Waals surface area contributed by atoms with Gasteiger partial charge in [-0.25, -0.2) is 4.39 Å². The van der Waals surface area contributed by atoms with Crippen molar-refractivity contribution in [3.05, 3.63) is 29.6 Å². The zero-order chi connectivity index (χ0) is 14.5. The summed E-state index contributed by atoms with van der Waals surface area (Å²) in [6.07, 6.45) is 4.95. The third-order valence-electron chi connectivity index (χ3n) is 5.45. The maximum atomic E-state index is 13.6. The van der Waals surface area contributed by atoms with E-state index in [-0.39, 0.29) is 24.0 Å². The van der Waals surface area contributed by atoms with Crippen molar-refractivity contribution in [1.29, 1.82) is 0 Å². The van der Waals surface area contributed by atoms with E-state index in [9.17, 15) is 9.50 Å². The lowest BCUT2D eigenvalue weighted by molar-refractivity contribution is 0.0629. The van der Waals surface area contributed by atoms with Crippen molar-refractivity contribution in [1.82, 2.24) is 4.90 Å². The Hall–Kier alpha value is -0.800. The second kappa shape index (κ2) is 5.77. The molecule has 21 heavy (non-hydrogen) atoms. The van der Waals surface area contributed by atoms with Crippen LogP contribution in [-0.2, 0) is 0 Å². The Morgan fingerprint density at radius 3 is 2.62 bits per heavy atom. The minimum Gasteiger partial charge on any atom is -0.508 e. The molecule has 0 radical (unpaired) electrons. The highest BCUT2D eigenvalue weighted by atomic mass is 35.5. The molecule has 2 bridgehead atoms. The van der Waals surface area contributed by atoms with Crippen LogP contribution in [0.5, 0.6) is 5.75 Å². The average Bonchev–Trinajstić information content (AvgIpc) is 2.62. The van der Waals surface area contributed by atoms with Gasteiger partial charge in [0.05, 0.1) is 0 Å². The lowest BCUT2D eigenvalue weighted by atomic mass is 9.65. The molecule has 118 valence electrons. The molecule has 0 saturated heterocycles. The van der Waals surface area contributed by atoms with Crippen LogP contribution in [0.2, 0.25) is 0 Å². The summed E-state index contributed by atoms with van der Waals surface area (Å²) < 4.78 is 13.6. The molecule has 0 spiro atoms. The summed E-state index contributed by atoms with van der Waals surface area (Å²) in [5.74, 6) is 0.783. The average molecular weight is 314 g/mol. The number of phenols is 1. The Balaban J connectivity index is 0.00000161. The highest BCUT2D eigenvalue weighted by Gasteiger charge is 2.50. The van der Waals surface area contributed by atoms with Crippen LogP contribution in [0.1, 0.15) is 44.1 Å². The molecule has 0 heterocycles. The van der Waals surface area contributed by atoms with Gasteiger partial charge in [0.1, 0.15) is 11.6 Å². The number of fused-ring (bicyclic) bond motifs is 2. The Kier molecular flexibility index (Phi) is 4.55. The summed E-state index contributed by atoms with van der Waals surface area (Å²) in [5, 5.41) is 9.71. The predicted molar refractivity (Wildman–Crippen MR) is 85.6 cm³/mol. The summed E-state index contributed by atoms with van der Waals surface area (Å²) in [6.45, 7) is 2.38. The summed E-state index contributed by atoms with van der Waals surface area (Å²) in [7, 11) is 4.25. The Morgan fingerprint density at radius 1 is 1.29 bits per heavy atom. The summed E-state index contributed by atoms with van der Waals surface area (Å²) in [5.41, 5.74) is 1.28. The van der Waals surface area contributed by atoms with Gasteiger partial charge in [-0.1, -0.05) is 6.92 Å². The topological polar surface area (TPSA) is 23.5 Å². The van der Waals surface area contributed by atoms with Crippen molar-refractivity contribution in [2.75, 3.05) is 14.1 Å². The number of rotatable bonds is 2. The number of likely N-dealkylation sites (N-methyl/N-ethyl adjacent to an activating group) is 1. The number of benzene rings is 1. The fourth-order valence-corrected chi connectivity index (χ4v) is 4.95. The predicted octanol–water partition coefficient (Wildman–Crippen LogP) is 4.18. The maximum absolute atomic E-state index is 13.6. The second-order valence-corrected chi connectivity index (χ2v) is 7.26. The van der Waals surface area contributed by atoms with Gasteiger partial charge in [0.15, 0.2) is 0 Å². The van der Waals surface area contributed by atoms with E-state index in [4.69, 9.17) is 0 Å². The third-order valence-corrected chi connectivity index (χ3v) is 5.45. The molecule has 1 aromatic rings. The van der Waals surface area contributed by atoms with Crippen LogP contribution in [0, 0.1) is 17.2 Å². The molecule has 0 amide bonds. The van der Waals surface area contributed by atoms with Gasteiger partial charge in [-0.05, 0) is 68.8 Å². The molecule has 2 aliphatic rings. The molecule has 3 rings (SSSR count). The Bertz CT molecular complexity index is 501. The molecule has 4 heteroatoms. The molecular formula is C17H25ClFNO. The minimum atomic E-state index is -0.333. The van der Waals surface area contributed by atoms with Gasteiger partial charge in [-0.15, -0.1) is 12.4 Å². The first-order chi connectivity index (χ1) is 9.39. The Labute approximate surface area is 132 Å². The van der Waals surface area contributed by atoms with Crippen LogP contribution in [-0.4, -0.2) is 30.1 Å². The maximum Gasteiger partial charge on any atom is 0.127 e. The minimum absolute atomic E-state index is 0. The smallest absolute Gasteiger partial charge is 0.127 e. The first-order valence-electron chi connectivity index (χ1n) is 7.55. The van der Waals surface area contributed by atoms with Gasteiger partial charge >= 0.3 is 0 Å². The van der Waals surface area contributed by atoms with E-state index in [1.165, 1.54) is 25.3 Å². The third kappa shape index (κ3) is 2.91. The normalized spacial score (nSPS) is 34.8. The second-order valence-electron chi connectivity index (χ2n) is 7.26. The largest absolute Gasteiger partial charge is 0.508 e. The number of halogens is 2. The quantitative estimate of drug-likeness (QED) is 0.885. The van der Waals surface area contributed by atoms with E-state index in [1.54, 1.807) is 12.1 Å². The Morgan fingerprint density at radius 2 is 2.00 bits per heavy atom. The van der Waals surface area contributed by atoms with Crippen LogP contribution in [0.4, 0.5) is 4.39 Å². The first kappa shape index (κ1) is 16.6. The molecule has 0 aliphatic heterocycles. The lowest BCUT2D eigenvalue weighted by Gasteiger charge is -2.47. The highest BCUT2D eigenvalue weighted by Crippen LogP contribution is 2.57. The molecule has 4 unspecified atom stereocenters. The van der Waals surface area contributed by atoms with E-state index in [1.807, 2.05) is 0 Å². The summed E-state index contributed by atoms with van der Waals surface area (Å²) in [6, 6.07) is 4.96. The zero-order valence-corrected chi connectivity index (χ0v) is 13.8. The molecule has 1 N–H and O–H groups in total. The van der Waals surface area contributed by atoms with Crippen LogP contribution >= 0.6 is 12.4 Å². The van der Waals surface area contributed by atoms with Gasteiger partial charge in [0.2, 0.25) is 0 Å². The number of nitrogens with zero attached hydrogens (tertiary/aromatic N) is 1.